The van der Waals surface area contributed by atoms with Crippen molar-refractivity contribution in [1.29, 1.82) is 0 Å². The molecule has 0 atom stereocenters. The van der Waals surface area contributed by atoms with Gasteiger partial charge in [-0.05, 0) is 43.9 Å². The van der Waals surface area contributed by atoms with Crippen molar-refractivity contribution >= 4 is 5.97 Å². The van der Waals surface area contributed by atoms with Crippen LogP contribution in [0.15, 0.2) is 0 Å². The highest BCUT2D eigenvalue weighted by molar-refractivity contribution is 5.71. The van der Waals surface area contributed by atoms with Gasteiger partial charge in [0.2, 0.25) is 0 Å². The van der Waals surface area contributed by atoms with Crippen molar-refractivity contribution in [1.82, 2.24) is 0 Å². The van der Waals surface area contributed by atoms with E-state index < -0.39 is 5.97 Å². The van der Waals surface area contributed by atoms with Crippen LogP contribution < -0.4 is 0 Å². The topological polar surface area (TPSA) is 46.5 Å². The molecule has 3 heteroatoms. The highest BCUT2D eigenvalue weighted by atomic mass is 16.5. The molecule has 0 unspecified atom stereocenters. The van der Waals surface area contributed by atoms with Gasteiger partial charge in [-0.1, -0.05) is 0 Å². The maximum absolute atomic E-state index is 10.6. The molecular formula is C11H18O3. The molecule has 0 aromatic carbocycles. The van der Waals surface area contributed by atoms with E-state index >= 15 is 0 Å². The van der Waals surface area contributed by atoms with Crippen molar-refractivity contribution in [2.45, 2.75) is 32.1 Å². The molecule has 1 N–H and O–H groups in total. The summed E-state index contributed by atoms with van der Waals surface area (Å²) in [5.74, 6) is 0.829. The standard InChI is InChI=1S/C11H18O3/c12-11(13)10-6-9(7-10)5-8-1-3-14-4-2-8/h8-10H,1-7H2,(H,12,13). The highest BCUT2D eigenvalue weighted by Crippen LogP contribution is 2.39. The zero-order chi connectivity index (χ0) is 9.97. The lowest BCUT2D eigenvalue weighted by molar-refractivity contribution is -0.146. The van der Waals surface area contributed by atoms with Crippen LogP contribution in [0, 0.1) is 17.8 Å². The van der Waals surface area contributed by atoms with Gasteiger partial charge in [0.1, 0.15) is 0 Å². The van der Waals surface area contributed by atoms with Gasteiger partial charge in [0.05, 0.1) is 5.92 Å². The lowest BCUT2D eigenvalue weighted by Gasteiger charge is -2.35. The molecule has 1 saturated heterocycles. The third-order valence-corrected chi connectivity index (χ3v) is 3.59. The normalized spacial score (nSPS) is 33.7. The predicted octanol–water partition coefficient (Wildman–Crippen LogP) is 1.91. The van der Waals surface area contributed by atoms with Gasteiger partial charge >= 0.3 is 5.97 Å². The zero-order valence-electron chi connectivity index (χ0n) is 8.45. The van der Waals surface area contributed by atoms with Crippen molar-refractivity contribution in [3.8, 4) is 0 Å². The Bertz CT molecular complexity index is 203. The van der Waals surface area contributed by atoms with Crippen LogP contribution >= 0.6 is 0 Å². The molecular weight excluding hydrogens is 180 g/mol. The smallest absolute Gasteiger partial charge is 0.306 e. The van der Waals surface area contributed by atoms with Crippen LogP contribution in [0.3, 0.4) is 0 Å². The maximum Gasteiger partial charge on any atom is 0.306 e. The molecule has 2 fully saturated rings. The second-order valence-electron chi connectivity index (χ2n) is 4.66. The van der Waals surface area contributed by atoms with E-state index in [-0.39, 0.29) is 5.92 Å². The molecule has 0 aromatic rings. The van der Waals surface area contributed by atoms with Crippen molar-refractivity contribution in [3.05, 3.63) is 0 Å². The molecule has 0 aromatic heterocycles. The van der Waals surface area contributed by atoms with E-state index in [1.807, 2.05) is 0 Å². The van der Waals surface area contributed by atoms with Crippen molar-refractivity contribution < 1.29 is 14.6 Å². The van der Waals surface area contributed by atoms with E-state index in [9.17, 15) is 4.79 Å². The van der Waals surface area contributed by atoms with Gasteiger partial charge in [0.25, 0.3) is 0 Å². The first-order valence-electron chi connectivity index (χ1n) is 5.56. The van der Waals surface area contributed by atoms with Gasteiger partial charge in [-0.25, -0.2) is 0 Å². The van der Waals surface area contributed by atoms with E-state index in [1.165, 1.54) is 19.3 Å². The first kappa shape index (κ1) is 9.97. The van der Waals surface area contributed by atoms with Crippen LogP contribution in [0.4, 0.5) is 0 Å². The molecule has 0 bridgehead atoms. The van der Waals surface area contributed by atoms with Crippen LogP contribution in [-0.4, -0.2) is 24.3 Å². The van der Waals surface area contributed by atoms with Crippen molar-refractivity contribution in [2.24, 2.45) is 17.8 Å². The summed E-state index contributed by atoms with van der Waals surface area (Å²) in [5.41, 5.74) is 0. The molecule has 14 heavy (non-hydrogen) atoms. The first-order chi connectivity index (χ1) is 6.75. The van der Waals surface area contributed by atoms with Gasteiger partial charge in [0.15, 0.2) is 0 Å². The van der Waals surface area contributed by atoms with E-state index in [0.717, 1.165) is 32.0 Å². The Morgan fingerprint density at radius 2 is 1.86 bits per heavy atom. The average molecular weight is 198 g/mol. The quantitative estimate of drug-likeness (QED) is 0.753. The second kappa shape index (κ2) is 4.30. The Kier molecular flexibility index (Phi) is 3.06. The van der Waals surface area contributed by atoms with Gasteiger partial charge in [-0.3, -0.25) is 4.79 Å². The molecule has 2 aliphatic rings. The summed E-state index contributed by atoms with van der Waals surface area (Å²) in [7, 11) is 0. The minimum atomic E-state index is -0.603. The fourth-order valence-corrected chi connectivity index (χ4v) is 2.58. The summed E-state index contributed by atoms with van der Waals surface area (Å²) in [6.07, 6.45) is 5.40. The van der Waals surface area contributed by atoms with Crippen LogP contribution in [0.1, 0.15) is 32.1 Å². The average Bonchev–Trinajstić information content (AvgIpc) is 2.12. The molecule has 0 amide bonds. The SMILES string of the molecule is O=C(O)C1CC(CC2CCOCC2)C1. The van der Waals surface area contributed by atoms with Gasteiger partial charge in [-0.15, -0.1) is 0 Å². The highest BCUT2D eigenvalue weighted by Gasteiger charge is 2.35. The van der Waals surface area contributed by atoms with E-state index in [2.05, 4.69) is 0 Å². The summed E-state index contributed by atoms with van der Waals surface area (Å²) in [5, 5.41) is 8.74. The molecule has 1 aliphatic carbocycles. The molecule has 2 rings (SSSR count). The fourth-order valence-electron chi connectivity index (χ4n) is 2.58. The number of rotatable bonds is 3. The third-order valence-electron chi connectivity index (χ3n) is 3.59. The summed E-state index contributed by atoms with van der Waals surface area (Å²) in [6.45, 7) is 1.81. The minimum Gasteiger partial charge on any atom is -0.481 e. The Balaban J connectivity index is 1.65. The van der Waals surface area contributed by atoms with Gasteiger partial charge in [-0.2, -0.15) is 0 Å². The summed E-state index contributed by atoms with van der Waals surface area (Å²) in [4.78, 5) is 10.6. The Hall–Kier alpha value is -0.570. The molecule has 1 heterocycles. The molecule has 80 valence electrons. The number of carbonyl (C=O) groups is 1. The monoisotopic (exact) mass is 198 g/mol. The molecule has 0 spiro atoms. The number of ether oxygens (including phenoxy) is 1. The van der Waals surface area contributed by atoms with Crippen LogP contribution in [-0.2, 0) is 9.53 Å². The lowest BCUT2D eigenvalue weighted by atomic mass is 9.70. The zero-order valence-corrected chi connectivity index (χ0v) is 8.45. The first-order valence-corrected chi connectivity index (χ1v) is 5.56. The molecule has 1 saturated carbocycles. The molecule has 1 aliphatic heterocycles. The Morgan fingerprint density at radius 3 is 2.43 bits per heavy atom. The fraction of sp³-hybridized carbons (Fsp3) is 0.909. The van der Waals surface area contributed by atoms with Gasteiger partial charge in [0, 0.05) is 13.2 Å². The molecule has 0 radical (unpaired) electrons. The largest absolute Gasteiger partial charge is 0.481 e. The molecule has 3 nitrogen and oxygen atoms in total. The van der Waals surface area contributed by atoms with E-state index in [4.69, 9.17) is 9.84 Å². The Morgan fingerprint density at radius 1 is 1.21 bits per heavy atom. The number of aliphatic carboxylic acids is 1. The Labute approximate surface area is 84.4 Å². The summed E-state index contributed by atoms with van der Waals surface area (Å²) in [6, 6.07) is 0. The van der Waals surface area contributed by atoms with Crippen molar-refractivity contribution in [3.63, 3.8) is 0 Å². The van der Waals surface area contributed by atoms with E-state index in [0.29, 0.717) is 5.92 Å². The third kappa shape index (κ3) is 2.27. The van der Waals surface area contributed by atoms with Crippen LogP contribution in [0.25, 0.3) is 0 Å². The number of carboxylic acids is 1. The number of hydrogen-bond acceptors (Lipinski definition) is 2. The second-order valence-corrected chi connectivity index (χ2v) is 4.66. The van der Waals surface area contributed by atoms with Crippen LogP contribution in [0.2, 0.25) is 0 Å². The summed E-state index contributed by atoms with van der Waals surface area (Å²) < 4.78 is 5.30. The number of hydrogen-bond donors (Lipinski definition) is 1. The predicted molar refractivity (Wildman–Crippen MR) is 52.0 cm³/mol. The lowest BCUT2D eigenvalue weighted by Crippen LogP contribution is -2.32. The number of carboxylic acid groups (broad SMARTS) is 1. The van der Waals surface area contributed by atoms with Crippen molar-refractivity contribution in [2.75, 3.05) is 13.2 Å². The summed E-state index contributed by atoms with van der Waals surface area (Å²) >= 11 is 0. The minimum absolute atomic E-state index is 0.0418. The maximum atomic E-state index is 10.6. The van der Waals surface area contributed by atoms with Gasteiger partial charge < -0.3 is 9.84 Å². The van der Waals surface area contributed by atoms with Crippen LogP contribution in [0.5, 0.6) is 0 Å². The van der Waals surface area contributed by atoms with E-state index in [1.54, 1.807) is 0 Å².